The van der Waals surface area contributed by atoms with Gasteiger partial charge in [0.1, 0.15) is 11.6 Å². The van der Waals surface area contributed by atoms with Gasteiger partial charge in [-0.15, -0.1) is 0 Å². The van der Waals surface area contributed by atoms with E-state index in [1.807, 2.05) is 31.2 Å². The second kappa shape index (κ2) is 6.72. The van der Waals surface area contributed by atoms with Crippen LogP contribution in [0.15, 0.2) is 46.9 Å². The Morgan fingerprint density at radius 2 is 1.90 bits per heavy atom. The summed E-state index contributed by atoms with van der Waals surface area (Å²) >= 11 is 3.36. The summed E-state index contributed by atoms with van der Waals surface area (Å²) in [5.74, 6) is -0.504. The molecule has 0 fully saturated rings. The van der Waals surface area contributed by atoms with Gasteiger partial charge in [-0.2, -0.15) is 0 Å². The van der Waals surface area contributed by atoms with E-state index in [9.17, 15) is 9.18 Å². The summed E-state index contributed by atoms with van der Waals surface area (Å²) in [5, 5.41) is 2.83. The van der Waals surface area contributed by atoms with Crippen LogP contribution in [0.25, 0.3) is 0 Å². The fraction of sp³-hybridized carbons (Fsp3) is 0.188. The molecule has 2 rings (SSSR count). The third-order valence-electron chi connectivity index (χ3n) is 3.12. The lowest BCUT2D eigenvalue weighted by atomic mass is 10.1. The van der Waals surface area contributed by atoms with E-state index in [1.165, 1.54) is 25.3 Å². The normalized spacial score (nSPS) is 11.8. The van der Waals surface area contributed by atoms with Crippen LogP contribution < -0.4 is 10.1 Å². The third kappa shape index (κ3) is 3.82. The van der Waals surface area contributed by atoms with Crippen molar-refractivity contribution in [3.63, 3.8) is 0 Å². The zero-order chi connectivity index (χ0) is 15.4. The first-order chi connectivity index (χ1) is 10.0. The van der Waals surface area contributed by atoms with E-state index < -0.39 is 5.82 Å². The van der Waals surface area contributed by atoms with Gasteiger partial charge in [0, 0.05) is 4.47 Å². The molecule has 110 valence electrons. The molecule has 0 saturated carbocycles. The quantitative estimate of drug-likeness (QED) is 0.900. The summed E-state index contributed by atoms with van der Waals surface area (Å²) in [4.78, 5) is 12.3. The van der Waals surface area contributed by atoms with Crippen molar-refractivity contribution in [2.24, 2.45) is 0 Å². The second-order valence-corrected chi connectivity index (χ2v) is 5.51. The number of carbonyl (C=O) groups is 1. The van der Waals surface area contributed by atoms with E-state index in [2.05, 4.69) is 21.2 Å². The summed E-state index contributed by atoms with van der Waals surface area (Å²) in [7, 11) is 1.45. The van der Waals surface area contributed by atoms with Gasteiger partial charge in [0.25, 0.3) is 5.91 Å². The highest BCUT2D eigenvalue weighted by molar-refractivity contribution is 9.10. The van der Waals surface area contributed by atoms with Gasteiger partial charge in [-0.1, -0.05) is 28.1 Å². The van der Waals surface area contributed by atoms with Crippen molar-refractivity contribution >= 4 is 21.8 Å². The fourth-order valence-corrected chi connectivity index (χ4v) is 2.23. The van der Waals surface area contributed by atoms with Crippen LogP contribution in [0.4, 0.5) is 4.39 Å². The molecular formula is C16H15BrFNO2. The van der Waals surface area contributed by atoms with Gasteiger partial charge in [-0.3, -0.25) is 4.79 Å². The predicted molar refractivity (Wildman–Crippen MR) is 83.0 cm³/mol. The van der Waals surface area contributed by atoms with Crippen LogP contribution in [0.2, 0.25) is 0 Å². The number of ether oxygens (including phenoxy) is 1. The smallest absolute Gasteiger partial charge is 0.255 e. The van der Waals surface area contributed by atoms with Gasteiger partial charge in [0.15, 0.2) is 0 Å². The molecule has 1 amide bonds. The van der Waals surface area contributed by atoms with Crippen molar-refractivity contribution in [1.29, 1.82) is 0 Å². The van der Waals surface area contributed by atoms with Crippen LogP contribution >= 0.6 is 15.9 Å². The summed E-state index contributed by atoms with van der Waals surface area (Å²) in [5.41, 5.74) is 1.14. The lowest BCUT2D eigenvalue weighted by Crippen LogP contribution is -2.27. The lowest BCUT2D eigenvalue weighted by molar-refractivity contribution is 0.0936. The van der Waals surface area contributed by atoms with Crippen LogP contribution in [-0.2, 0) is 0 Å². The number of rotatable bonds is 4. The number of nitrogens with one attached hydrogen (secondary N) is 1. The zero-order valence-corrected chi connectivity index (χ0v) is 13.3. The maximum absolute atomic E-state index is 13.3. The molecule has 1 unspecified atom stereocenters. The first-order valence-electron chi connectivity index (χ1n) is 6.41. The van der Waals surface area contributed by atoms with Crippen LogP contribution in [0.1, 0.15) is 28.9 Å². The number of hydrogen-bond acceptors (Lipinski definition) is 2. The number of methoxy groups -OCH3 is 1. The Morgan fingerprint density at radius 3 is 2.52 bits per heavy atom. The maximum atomic E-state index is 13.3. The summed E-state index contributed by atoms with van der Waals surface area (Å²) in [6, 6.07) is 11.3. The first kappa shape index (κ1) is 15.5. The monoisotopic (exact) mass is 351 g/mol. The Kier molecular flexibility index (Phi) is 4.96. The van der Waals surface area contributed by atoms with Crippen molar-refractivity contribution in [2.75, 3.05) is 7.11 Å². The van der Waals surface area contributed by atoms with Gasteiger partial charge >= 0.3 is 0 Å². The molecular weight excluding hydrogens is 337 g/mol. The SMILES string of the molecule is COc1ccc(F)cc1C(=O)NC(C)c1ccc(Br)cc1. The average molecular weight is 352 g/mol. The van der Waals surface area contributed by atoms with Crippen LogP contribution in [0, 0.1) is 5.82 Å². The second-order valence-electron chi connectivity index (χ2n) is 4.59. The molecule has 3 nitrogen and oxygen atoms in total. The van der Waals surface area contributed by atoms with E-state index in [0.717, 1.165) is 10.0 Å². The molecule has 0 aliphatic heterocycles. The van der Waals surface area contributed by atoms with Crippen LogP contribution in [0.5, 0.6) is 5.75 Å². The van der Waals surface area contributed by atoms with Crippen molar-refractivity contribution in [2.45, 2.75) is 13.0 Å². The molecule has 0 aliphatic rings. The van der Waals surface area contributed by atoms with Crippen LogP contribution in [0.3, 0.4) is 0 Å². The molecule has 0 spiro atoms. The molecule has 0 aliphatic carbocycles. The van der Waals surface area contributed by atoms with E-state index in [1.54, 1.807) is 0 Å². The molecule has 2 aromatic carbocycles. The molecule has 0 saturated heterocycles. The Hall–Kier alpha value is -1.88. The highest BCUT2D eigenvalue weighted by Gasteiger charge is 2.16. The molecule has 1 N–H and O–H groups in total. The molecule has 21 heavy (non-hydrogen) atoms. The third-order valence-corrected chi connectivity index (χ3v) is 3.65. The summed E-state index contributed by atoms with van der Waals surface area (Å²) in [6.45, 7) is 1.87. The van der Waals surface area contributed by atoms with Crippen molar-refractivity contribution in [3.8, 4) is 5.75 Å². The number of halogens is 2. The van der Waals surface area contributed by atoms with Crippen molar-refractivity contribution in [1.82, 2.24) is 5.32 Å². The van der Waals surface area contributed by atoms with Crippen molar-refractivity contribution < 1.29 is 13.9 Å². The minimum Gasteiger partial charge on any atom is -0.496 e. The summed E-state index contributed by atoms with van der Waals surface area (Å²) in [6.07, 6.45) is 0. The molecule has 0 aromatic heterocycles. The maximum Gasteiger partial charge on any atom is 0.255 e. The Balaban J connectivity index is 2.17. The highest BCUT2D eigenvalue weighted by Crippen LogP contribution is 2.21. The van der Waals surface area contributed by atoms with Crippen LogP contribution in [-0.4, -0.2) is 13.0 Å². The van der Waals surface area contributed by atoms with E-state index in [0.29, 0.717) is 5.75 Å². The average Bonchev–Trinajstić information content (AvgIpc) is 2.47. The molecule has 0 bridgehead atoms. The first-order valence-corrected chi connectivity index (χ1v) is 7.20. The largest absolute Gasteiger partial charge is 0.496 e. The number of benzene rings is 2. The van der Waals surface area contributed by atoms with E-state index >= 15 is 0 Å². The number of carbonyl (C=O) groups excluding carboxylic acids is 1. The van der Waals surface area contributed by atoms with Gasteiger partial charge < -0.3 is 10.1 Å². The predicted octanol–water partition coefficient (Wildman–Crippen LogP) is 4.09. The van der Waals surface area contributed by atoms with Crippen molar-refractivity contribution in [3.05, 3.63) is 63.9 Å². The Labute approximate surface area is 131 Å². The van der Waals surface area contributed by atoms with Gasteiger partial charge in [-0.05, 0) is 42.8 Å². The fourth-order valence-electron chi connectivity index (χ4n) is 1.97. The van der Waals surface area contributed by atoms with E-state index in [-0.39, 0.29) is 17.5 Å². The summed E-state index contributed by atoms with van der Waals surface area (Å²) < 4.78 is 19.4. The van der Waals surface area contributed by atoms with Gasteiger partial charge in [0.05, 0.1) is 18.7 Å². The minimum atomic E-state index is -0.475. The lowest BCUT2D eigenvalue weighted by Gasteiger charge is -2.16. The van der Waals surface area contributed by atoms with E-state index in [4.69, 9.17) is 4.74 Å². The standard InChI is InChI=1S/C16H15BrFNO2/c1-10(11-3-5-12(17)6-4-11)19-16(20)14-9-13(18)7-8-15(14)21-2/h3-10H,1-2H3,(H,19,20). The Bertz CT molecular complexity index is 643. The zero-order valence-electron chi connectivity index (χ0n) is 11.7. The molecule has 0 heterocycles. The molecule has 2 aromatic rings. The van der Waals surface area contributed by atoms with Gasteiger partial charge in [-0.25, -0.2) is 4.39 Å². The number of amides is 1. The highest BCUT2D eigenvalue weighted by atomic mass is 79.9. The number of hydrogen-bond donors (Lipinski definition) is 1. The topological polar surface area (TPSA) is 38.3 Å². The molecule has 1 atom stereocenters. The Morgan fingerprint density at radius 1 is 1.24 bits per heavy atom. The minimum absolute atomic E-state index is 0.182. The van der Waals surface area contributed by atoms with Gasteiger partial charge in [0.2, 0.25) is 0 Å². The molecule has 0 radical (unpaired) electrons. The molecule has 5 heteroatoms.